The quantitative estimate of drug-likeness (QED) is 0.848. The second kappa shape index (κ2) is 4.14. The van der Waals surface area contributed by atoms with E-state index in [4.69, 9.17) is 16.3 Å². The molecule has 0 amide bonds. The minimum atomic E-state index is -0.368. The zero-order valence-corrected chi connectivity index (χ0v) is 8.36. The molecule has 0 radical (unpaired) electrons. The van der Waals surface area contributed by atoms with Crippen molar-refractivity contribution in [1.82, 2.24) is 9.97 Å². The van der Waals surface area contributed by atoms with E-state index in [1.54, 1.807) is 24.3 Å². The van der Waals surface area contributed by atoms with Crippen molar-refractivity contribution in [1.29, 1.82) is 0 Å². The minimum Gasteiger partial charge on any atom is -0.435 e. The van der Waals surface area contributed by atoms with Gasteiger partial charge in [-0.15, -0.1) is 0 Å². The Morgan fingerprint density at radius 3 is 2.67 bits per heavy atom. The summed E-state index contributed by atoms with van der Waals surface area (Å²) in [4.78, 5) is 17.5. The first-order valence-electron chi connectivity index (χ1n) is 4.23. The molecule has 1 aromatic carbocycles. The summed E-state index contributed by atoms with van der Waals surface area (Å²) >= 11 is 5.71. The topological polar surface area (TPSA) is 55.0 Å². The molecule has 5 heteroatoms. The van der Waals surface area contributed by atoms with E-state index in [-0.39, 0.29) is 11.4 Å². The van der Waals surface area contributed by atoms with Gasteiger partial charge in [-0.2, -0.15) is 0 Å². The van der Waals surface area contributed by atoms with Gasteiger partial charge in [-0.25, -0.2) is 4.98 Å². The van der Waals surface area contributed by atoms with Crippen molar-refractivity contribution < 1.29 is 4.74 Å². The van der Waals surface area contributed by atoms with Gasteiger partial charge in [0.05, 0.1) is 0 Å². The van der Waals surface area contributed by atoms with Crippen LogP contribution in [0.5, 0.6) is 11.6 Å². The van der Waals surface area contributed by atoms with Crippen molar-refractivity contribution in [3.8, 4) is 11.6 Å². The monoisotopic (exact) mass is 222 g/mol. The lowest BCUT2D eigenvalue weighted by Gasteiger charge is -2.02. The molecule has 0 aliphatic carbocycles. The number of aromatic nitrogens is 2. The van der Waals surface area contributed by atoms with Crippen molar-refractivity contribution >= 4 is 11.6 Å². The van der Waals surface area contributed by atoms with Gasteiger partial charge < -0.3 is 9.72 Å². The summed E-state index contributed by atoms with van der Waals surface area (Å²) in [6.07, 6.45) is 2.89. The molecule has 76 valence electrons. The number of benzene rings is 1. The second-order valence-corrected chi connectivity index (χ2v) is 3.22. The van der Waals surface area contributed by atoms with Gasteiger partial charge in [-0.3, -0.25) is 4.79 Å². The van der Waals surface area contributed by atoms with Crippen LogP contribution in [0.3, 0.4) is 0 Å². The van der Waals surface area contributed by atoms with Crippen molar-refractivity contribution in [3.63, 3.8) is 0 Å². The Balaban J connectivity index is 2.26. The third kappa shape index (κ3) is 2.35. The van der Waals surface area contributed by atoms with E-state index in [9.17, 15) is 4.79 Å². The Morgan fingerprint density at radius 2 is 2.00 bits per heavy atom. The van der Waals surface area contributed by atoms with E-state index < -0.39 is 0 Å². The van der Waals surface area contributed by atoms with E-state index in [2.05, 4.69) is 9.97 Å². The maximum Gasteiger partial charge on any atom is 0.311 e. The fourth-order valence-corrected chi connectivity index (χ4v) is 1.15. The molecule has 1 aromatic heterocycles. The first kappa shape index (κ1) is 9.73. The molecule has 0 saturated carbocycles. The van der Waals surface area contributed by atoms with Crippen LogP contribution in [0.2, 0.25) is 5.02 Å². The van der Waals surface area contributed by atoms with Crippen LogP contribution in [-0.2, 0) is 0 Å². The molecule has 2 aromatic rings. The van der Waals surface area contributed by atoms with Crippen LogP contribution in [0.15, 0.2) is 41.5 Å². The van der Waals surface area contributed by atoms with Crippen LogP contribution >= 0.6 is 11.6 Å². The van der Waals surface area contributed by atoms with Gasteiger partial charge >= 0.3 is 5.56 Å². The Bertz CT molecular complexity index is 507. The van der Waals surface area contributed by atoms with Gasteiger partial charge in [0.2, 0.25) is 0 Å². The fourth-order valence-electron chi connectivity index (χ4n) is 1.03. The first-order chi connectivity index (χ1) is 7.25. The Labute approximate surface area is 90.5 Å². The van der Waals surface area contributed by atoms with Crippen molar-refractivity contribution in [2.75, 3.05) is 0 Å². The van der Waals surface area contributed by atoms with Crippen LogP contribution < -0.4 is 10.3 Å². The number of aromatic amines is 1. The lowest BCUT2D eigenvalue weighted by atomic mass is 10.3. The molecule has 0 spiro atoms. The Morgan fingerprint density at radius 1 is 1.27 bits per heavy atom. The molecule has 0 aliphatic rings. The summed E-state index contributed by atoms with van der Waals surface area (Å²) in [7, 11) is 0. The molecule has 0 unspecified atom stereocenters. The number of nitrogens with one attached hydrogen (secondary N) is 1. The van der Waals surface area contributed by atoms with E-state index in [1.807, 2.05) is 0 Å². The van der Waals surface area contributed by atoms with Gasteiger partial charge in [0, 0.05) is 17.4 Å². The summed E-state index contributed by atoms with van der Waals surface area (Å²) in [5.41, 5.74) is -0.368. The molecule has 0 aliphatic heterocycles. The molecule has 1 N–H and O–H groups in total. The van der Waals surface area contributed by atoms with Gasteiger partial charge in [0.1, 0.15) is 5.75 Å². The predicted molar refractivity (Wildman–Crippen MR) is 56.4 cm³/mol. The molecule has 2 rings (SSSR count). The van der Waals surface area contributed by atoms with Crippen LogP contribution in [0.4, 0.5) is 0 Å². The molecule has 0 fully saturated rings. The zero-order chi connectivity index (χ0) is 10.7. The normalized spacial score (nSPS) is 9.93. The predicted octanol–water partition coefficient (Wildman–Crippen LogP) is 2.22. The van der Waals surface area contributed by atoms with Crippen molar-refractivity contribution in [2.24, 2.45) is 0 Å². The second-order valence-electron chi connectivity index (χ2n) is 2.78. The summed E-state index contributed by atoms with van der Waals surface area (Å²) < 4.78 is 5.25. The smallest absolute Gasteiger partial charge is 0.311 e. The van der Waals surface area contributed by atoms with E-state index in [1.165, 1.54) is 12.4 Å². The fraction of sp³-hybridized carbons (Fsp3) is 0. The van der Waals surface area contributed by atoms with E-state index in [0.29, 0.717) is 10.8 Å². The zero-order valence-electron chi connectivity index (χ0n) is 7.61. The molecule has 0 bridgehead atoms. The minimum absolute atomic E-state index is 0.0137. The van der Waals surface area contributed by atoms with Gasteiger partial charge in [-0.1, -0.05) is 11.6 Å². The molecular formula is C10H7ClN2O2. The maximum absolute atomic E-state index is 11.2. The van der Waals surface area contributed by atoms with Gasteiger partial charge in [-0.05, 0) is 24.3 Å². The standard InChI is InChI=1S/C10H7ClN2O2/c11-7-1-3-8(4-2-7)15-10-9(14)12-5-6-13-10/h1-6H,(H,12,14). The molecule has 4 nitrogen and oxygen atoms in total. The summed E-state index contributed by atoms with van der Waals surface area (Å²) in [5.74, 6) is 0.531. The lowest BCUT2D eigenvalue weighted by molar-refractivity contribution is 0.454. The number of ether oxygens (including phenoxy) is 1. The highest BCUT2D eigenvalue weighted by Crippen LogP contribution is 2.18. The largest absolute Gasteiger partial charge is 0.435 e. The number of rotatable bonds is 2. The Kier molecular flexibility index (Phi) is 2.69. The Hall–Kier alpha value is -1.81. The molecule has 1 heterocycles. The van der Waals surface area contributed by atoms with Crippen LogP contribution in [-0.4, -0.2) is 9.97 Å². The van der Waals surface area contributed by atoms with Crippen LogP contribution in [0.25, 0.3) is 0 Å². The third-order valence-corrected chi connectivity index (χ3v) is 1.96. The summed E-state index contributed by atoms with van der Waals surface area (Å²) in [6, 6.07) is 6.68. The van der Waals surface area contributed by atoms with Gasteiger partial charge in [0.15, 0.2) is 0 Å². The van der Waals surface area contributed by atoms with E-state index in [0.717, 1.165) is 0 Å². The van der Waals surface area contributed by atoms with Gasteiger partial charge in [0.25, 0.3) is 5.88 Å². The molecular weight excluding hydrogens is 216 g/mol. The first-order valence-corrected chi connectivity index (χ1v) is 4.60. The van der Waals surface area contributed by atoms with Crippen LogP contribution in [0.1, 0.15) is 0 Å². The third-order valence-electron chi connectivity index (χ3n) is 1.70. The number of hydrogen-bond donors (Lipinski definition) is 1. The molecule has 0 atom stereocenters. The number of hydrogen-bond acceptors (Lipinski definition) is 3. The maximum atomic E-state index is 11.2. The molecule has 0 saturated heterocycles. The summed E-state index contributed by atoms with van der Waals surface area (Å²) in [5, 5.41) is 0.609. The highest BCUT2D eigenvalue weighted by atomic mass is 35.5. The number of halogens is 1. The average molecular weight is 223 g/mol. The number of nitrogens with zero attached hydrogens (tertiary/aromatic N) is 1. The SMILES string of the molecule is O=c1[nH]ccnc1Oc1ccc(Cl)cc1. The van der Waals surface area contributed by atoms with Crippen molar-refractivity contribution in [3.05, 3.63) is 52.0 Å². The van der Waals surface area contributed by atoms with E-state index >= 15 is 0 Å². The number of H-pyrrole nitrogens is 1. The molecule has 15 heavy (non-hydrogen) atoms. The lowest BCUT2D eigenvalue weighted by Crippen LogP contribution is -2.09. The van der Waals surface area contributed by atoms with Crippen LogP contribution in [0, 0.1) is 0 Å². The highest BCUT2D eigenvalue weighted by Gasteiger charge is 2.02. The van der Waals surface area contributed by atoms with Crippen molar-refractivity contribution in [2.45, 2.75) is 0 Å². The summed E-state index contributed by atoms with van der Waals surface area (Å²) in [6.45, 7) is 0. The average Bonchev–Trinajstić information content (AvgIpc) is 2.25. The highest BCUT2D eigenvalue weighted by molar-refractivity contribution is 6.30.